The van der Waals surface area contributed by atoms with Crippen molar-refractivity contribution in [1.29, 1.82) is 5.26 Å². The molecule has 0 radical (unpaired) electrons. The first kappa shape index (κ1) is 19.0. The summed E-state index contributed by atoms with van der Waals surface area (Å²) in [6.07, 6.45) is 1.50. The van der Waals surface area contributed by atoms with Gasteiger partial charge in [0.1, 0.15) is 17.4 Å². The second-order valence-electron chi connectivity index (χ2n) is 5.63. The van der Waals surface area contributed by atoms with Crippen molar-refractivity contribution in [3.05, 3.63) is 23.8 Å². The van der Waals surface area contributed by atoms with Gasteiger partial charge < -0.3 is 14.8 Å². The van der Waals surface area contributed by atoms with Gasteiger partial charge in [-0.25, -0.2) is 0 Å². The molecule has 0 heterocycles. The number of carbonyl (C=O) groups excluding carboxylic acids is 1. The minimum absolute atomic E-state index is 0.0725. The molecule has 2 atom stereocenters. The summed E-state index contributed by atoms with van der Waals surface area (Å²) in [5.74, 6) is 0.367. The van der Waals surface area contributed by atoms with Crippen LogP contribution in [0.4, 0.5) is 5.69 Å². The van der Waals surface area contributed by atoms with Crippen molar-refractivity contribution in [3.63, 3.8) is 0 Å². The Morgan fingerprint density at radius 1 is 1.39 bits per heavy atom. The molecule has 1 amide bonds. The molecule has 0 unspecified atom stereocenters. The molecule has 0 aliphatic rings. The number of hydrogen-bond acceptors (Lipinski definition) is 4. The largest absolute Gasteiger partial charge is 0.491 e. The SMILES string of the molecule is CCO[C@](C)(CC)C(=O)Nc1ccc(O[C@H](C)CC)cc1C#N. The minimum Gasteiger partial charge on any atom is -0.491 e. The van der Waals surface area contributed by atoms with Crippen LogP contribution in [-0.4, -0.2) is 24.2 Å². The van der Waals surface area contributed by atoms with E-state index in [0.29, 0.717) is 30.0 Å². The number of anilines is 1. The third kappa shape index (κ3) is 4.97. The highest BCUT2D eigenvalue weighted by molar-refractivity contribution is 5.98. The van der Waals surface area contributed by atoms with Gasteiger partial charge in [-0.2, -0.15) is 5.26 Å². The van der Waals surface area contributed by atoms with Crippen LogP contribution in [0.15, 0.2) is 18.2 Å². The maximum Gasteiger partial charge on any atom is 0.256 e. The van der Waals surface area contributed by atoms with Gasteiger partial charge in [0.2, 0.25) is 0 Å². The molecule has 0 aliphatic heterocycles. The van der Waals surface area contributed by atoms with E-state index in [9.17, 15) is 10.1 Å². The van der Waals surface area contributed by atoms with Gasteiger partial charge >= 0.3 is 0 Å². The number of amides is 1. The molecule has 0 saturated heterocycles. The van der Waals surface area contributed by atoms with Gasteiger partial charge in [0.05, 0.1) is 17.4 Å². The van der Waals surface area contributed by atoms with E-state index in [4.69, 9.17) is 9.47 Å². The number of nitrogens with zero attached hydrogens (tertiary/aromatic N) is 1. The number of benzene rings is 1. The van der Waals surface area contributed by atoms with E-state index < -0.39 is 5.60 Å². The maximum atomic E-state index is 12.5. The first-order valence-electron chi connectivity index (χ1n) is 8.06. The van der Waals surface area contributed by atoms with Gasteiger partial charge in [-0.15, -0.1) is 0 Å². The molecule has 0 spiro atoms. The normalized spacial score (nSPS) is 14.4. The van der Waals surface area contributed by atoms with Crippen LogP contribution in [0.25, 0.3) is 0 Å². The predicted molar refractivity (Wildman–Crippen MR) is 90.5 cm³/mol. The Morgan fingerprint density at radius 3 is 2.61 bits per heavy atom. The van der Waals surface area contributed by atoms with Crippen molar-refractivity contribution in [2.45, 2.75) is 59.2 Å². The average molecular weight is 318 g/mol. The lowest BCUT2D eigenvalue weighted by atomic mass is 10.0. The Morgan fingerprint density at radius 2 is 2.09 bits per heavy atom. The van der Waals surface area contributed by atoms with E-state index in [2.05, 4.69) is 11.4 Å². The summed E-state index contributed by atoms with van der Waals surface area (Å²) in [7, 11) is 0. The van der Waals surface area contributed by atoms with Crippen LogP contribution in [0.1, 0.15) is 53.0 Å². The molecule has 5 heteroatoms. The van der Waals surface area contributed by atoms with E-state index in [1.165, 1.54) is 0 Å². The van der Waals surface area contributed by atoms with Gasteiger partial charge in [-0.3, -0.25) is 4.79 Å². The Balaban J connectivity index is 2.97. The van der Waals surface area contributed by atoms with Crippen molar-refractivity contribution < 1.29 is 14.3 Å². The van der Waals surface area contributed by atoms with Crippen LogP contribution in [0.5, 0.6) is 5.75 Å². The zero-order valence-corrected chi connectivity index (χ0v) is 14.6. The van der Waals surface area contributed by atoms with Crippen molar-refractivity contribution >= 4 is 11.6 Å². The molecule has 1 aromatic rings. The van der Waals surface area contributed by atoms with Gasteiger partial charge in [0.15, 0.2) is 0 Å². The van der Waals surface area contributed by atoms with Crippen molar-refractivity contribution in [2.24, 2.45) is 0 Å². The quantitative estimate of drug-likeness (QED) is 0.789. The first-order valence-corrected chi connectivity index (χ1v) is 8.06. The highest BCUT2D eigenvalue weighted by atomic mass is 16.5. The van der Waals surface area contributed by atoms with E-state index in [1.807, 2.05) is 27.7 Å². The molecule has 23 heavy (non-hydrogen) atoms. The van der Waals surface area contributed by atoms with Crippen molar-refractivity contribution in [2.75, 3.05) is 11.9 Å². The van der Waals surface area contributed by atoms with Crippen LogP contribution in [-0.2, 0) is 9.53 Å². The maximum absolute atomic E-state index is 12.5. The number of carbonyl (C=O) groups is 1. The third-order valence-corrected chi connectivity index (χ3v) is 3.89. The first-order chi connectivity index (χ1) is 10.9. The zero-order chi connectivity index (χ0) is 17.5. The summed E-state index contributed by atoms with van der Waals surface area (Å²) in [6.45, 7) is 9.94. The van der Waals surface area contributed by atoms with Crippen LogP contribution < -0.4 is 10.1 Å². The molecule has 5 nitrogen and oxygen atoms in total. The second kappa shape index (κ2) is 8.54. The van der Waals surface area contributed by atoms with E-state index in [-0.39, 0.29) is 12.0 Å². The minimum atomic E-state index is -0.909. The fraction of sp³-hybridized carbons (Fsp3) is 0.556. The Labute approximate surface area is 138 Å². The molecule has 0 bridgehead atoms. The van der Waals surface area contributed by atoms with E-state index in [0.717, 1.165) is 6.42 Å². The molecule has 0 saturated carbocycles. The number of hydrogen-bond donors (Lipinski definition) is 1. The molecule has 126 valence electrons. The van der Waals surface area contributed by atoms with Gasteiger partial charge in [0, 0.05) is 12.7 Å². The van der Waals surface area contributed by atoms with Crippen LogP contribution in [0.2, 0.25) is 0 Å². The summed E-state index contributed by atoms with van der Waals surface area (Å²) in [6, 6.07) is 7.19. The highest BCUT2D eigenvalue weighted by Gasteiger charge is 2.32. The number of nitriles is 1. The summed E-state index contributed by atoms with van der Waals surface area (Å²) < 4.78 is 11.3. The molecular formula is C18H26N2O3. The van der Waals surface area contributed by atoms with Crippen LogP contribution in [0.3, 0.4) is 0 Å². The van der Waals surface area contributed by atoms with Gasteiger partial charge in [-0.05, 0) is 45.7 Å². The Hall–Kier alpha value is -2.06. The summed E-state index contributed by atoms with van der Waals surface area (Å²) in [4.78, 5) is 12.5. The molecular weight excluding hydrogens is 292 g/mol. The van der Waals surface area contributed by atoms with Gasteiger partial charge in [-0.1, -0.05) is 13.8 Å². The van der Waals surface area contributed by atoms with Crippen molar-refractivity contribution in [3.8, 4) is 11.8 Å². The molecule has 1 N–H and O–H groups in total. The topological polar surface area (TPSA) is 71.3 Å². The molecule has 1 aromatic carbocycles. The summed E-state index contributed by atoms with van der Waals surface area (Å²) >= 11 is 0. The monoisotopic (exact) mass is 318 g/mol. The highest BCUT2D eigenvalue weighted by Crippen LogP contribution is 2.25. The molecule has 0 aromatic heterocycles. The van der Waals surface area contributed by atoms with Crippen molar-refractivity contribution in [1.82, 2.24) is 0 Å². The summed E-state index contributed by atoms with van der Waals surface area (Å²) in [5.41, 5.74) is -0.0737. The van der Waals surface area contributed by atoms with E-state index in [1.54, 1.807) is 25.1 Å². The molecule has 1 rings (SSSR count). The fourth-order valence-electron chi connectivity index (χ4n) is 2.02. The lowest BCUT2D eigenvalue weighted by molar-refractivity contribution is -0.139. The Bertz CT molecular complexity index is 580. The average Bonchev–Trinajstić information content (AvgIpc) is 2.55. The zero-order valence-electron chi connectivity index (χ0n) is 14.6. The number of rotatable bonds is 8. The third-order valence-electron chi connectivity index (χ3n) is 3.89. The molecule has 0 fully saturated rings. The molecule has 0 aliphatic carbocycles. The Kier molecular flexibility index (Phi) is 7.05. The number of nitrogens with one attached hydrogen (secondary N) is 1. The second-order valence-corrected chi connectivity index (χ2v) is 5.63. The predicted octanol–water partition coefficient (Wildman–Crippen LogP) is 3.88. The van der Waals surface area contributed by atoms with E-state index >= 15 is 0 Å². The number of ether oxygens (including phenoxy) is 2. The lowest BCUT2D eigenvalue weighted by Gasteiger charge is -2.27. The van der Waals surface area contributed by atoms with Gasteiger partial charge in [0.25, 0.3) is 5.91 Å². The van der Waals surface area contributed by atoms with Crippen LogP contribution in [0, 0.1) is 11.3 Å². The standard InChI is InChI=1S/C18H26N2O3/c1-6-13(4)23-15-9-10-16(14(11-15)12-19)20-17(21)18(5,7-2)22-8-3/h9-11,13H,6-8H2,1-5H3,(H,20,21)/t13-,18-/m1/s1. The summed E-state index contributed by atoms with van der Waals surface area (Å²) in [5, 5.41) is 12.1. The fourth-order valence-corrected chi connectivity index (χ4v) is 2.02. The smallest absolute Gasteiger partial charge is 0.256 e. The van der Waals surface area contributed by atoms with Crippen LogP contribution >= 0.6 is 0 Å². The lowest BCUT2D eigenvalue weighted by Crippen LogP contribution is -2.42.